The second-order valence-corrected chi connectivity index (χ2v) is 8.73. The van der Waals surface area contributed by atoms with E-state index >= 15 is 0 Å². The van der Waals surface area contributed by atoms with Crippen LogP contribution in [0.25, 0.3) is 22.2 Å². The number of hydrogen-bond acceptors (Lipinski definition) is 5. The number of carbonyl (C=O) groups excluding carboxylic acids is 1. The molecule has 1 aliphatic carbocycles. The molecule has 2 aliphatic rings. The maximum atomic E-state index is 13.6. The zero-order valence-electron chi connectivity index (χ0n) is 17.7. The summed E-state index contributed by atoms with van der Waals surface area (Å²) in [6.07, 6.45) is 2.22. The monoisotopic (exact) mass is 427 g/mol. The van der Waals surface area contributed by atoms with Crippen molar-refractivity contribution in [2.75, 3.05) is 23.3 Å². The Labute approximate surface area is 184 Å². The summed E-state index contributed by atoms with van der Waals surface area (Å²) in [6, 6.07) is 15.6. The van der Waals surface area contributed by atoms with Crippen molar-refractivity contribution in [3.05, 3.63) is 71.5 Å². The molecule has 32 heavy (non-hydrogen) atoms. The summed E-state index contributed by atoms with van der Waals surface area (Å²) in [5, 5.41) is 8.54. The van der Waals surface area contributed by atoms with E-state index in [4.69, 9.17) is 4.52 Å². The lowest BCUT2D eigenvalue weighted by molar-refractivity contribution is 0.104. The van der Waals surface area contributed by atoms with Crippen LogP contribution in [-0.2, 0) is 0 Å². The fourth-order valence-corrected chi connectivity index (χ4v) is 4.82. The van der Waals surface area contributed by atoms with Crippen LogP contribution in [0.4, 0.5) is 21.5 Å². The number of piperidine rings is 1. The van der Waals surface area contributed by atoms with Crippen molar-refractivity contribution in [2.45, 2.75) is 19.8 Å². The fraction of sp³-hybridized carbons (Fsp3) is 0.231. The molecule has 4 aromatic rings. The van der Waals surface area contributed by atoms with Gasteiger partial charge in [-0.1, -0.05) is 36.3 Å². The highest BCUT2D eigenvalue weighted by molar-refractivity contribution is 6.28. The van der Waals surface area contributed by atoms with Gasteiger partial charge in [0.05, 0.1) is 22.3 Å². The summed E-state index contributed by atoms with van der Waals surface area (Å²) in [5.74, 6) is 0.948. The molecule has 6 rings (SSSR count). The SMILES string of the molecule is CC1CCN(c2cc(Nc3ccc(F)cc3)c3c4c(onc24)-c2ccccc2C3=O)CC1. The van der Waals surface area contributed by atoms with Gasteiger partial charge in [0, 0.05) is 29.9 Å². The fourth-order valence-electron chi connectivity index (χ4n) is 4.82. The zero-order valence-corrected chi connectivity index (χ0v) is 17.7. The number of anilines is 3. The molecule has 1 saturated heterocycles. The van der Waals surface area contributed by atoms with Gasteiger partial charge < -0.3 is 14.7 Å². The maximum Gasteiger partial charge on any atom is 0.196 e. The molecule has 0 bridgehead atoms. The van der Waals surface area contributed by atoms with E-state index in [0.29, 0.717) is 34.2 Å². The summed E-state index contributed by atoms with van der Waals surface area (Å²) in [5.41, 5.74) is 4.99. The van der Waals surface area contributed by atoms with Gasteiger partial charge in [0.25, 0.3) is 0 Å². The largest absolute Gasteiger partial charge is 0.370 e. The number of carbonyl (C=O) groups is 1. The highest BCUT2D eigenvalue weighted by Gasteiger charge is 2.34. The molecule has 160 valence electrons. The quantitative estimate of drug-likeness (QED) is 0.374. The van der Waals surface area contributed by atoms with Crippen LogP contribution in [0.5, 0.6) is 0 Å². The van der Waals surface area contributed by atoms with Crippen molar-refractivity contribution in [3.63, 3.8) is 0 Å². The van der Waals surface area contributed by atoms with Gasteiger partial charge in [-0.2, -0.15) is 0 Å². The third-order valence-corrected chi connectivity index (χ3v) is 6.63. The molecule has 1 N–H and O–H groups in total. The molecule has 1 aromatic heterocycles. The van der Waals surface area contributed by atoms with Crippen molar-refractivity contribution in [2.24, 2.45) is 5.92 Å². The normalized spacial score (nSPS) is 15.8. The van der Waals surface area contributed by atoms with Gasteiger partial charge in [-0.05, 0) is 49.1 Å². The van der Waals surface area contributed by atoms with Crippen LogP contribution in [0, 0.1) is 11.7 Å². The first kappa shape index (κ1) is 19.0. The second kappa shape index (κ2) is 7.19. The number of fused-ring (bicyclic) bond motifs is 2. The van der Waals surface area contributed by atoms with Crippen LogP contribution < -0.4 is 10.2 Å². The molecule has 0 spiro atoms. The molecule has 1 fully saturated rings. The number of rotatable bonds is 3. The van der Waals surface area contributed by atoms with E-state index in [2.05, 4.69) is 22.3 Å². The minimum absolute atomic E-state index is 0.0651. The molecule has 0 radical (unpaired) electrons. The molecule has 6 heteroatoms. The molecule has 0 saturated carbocycles. The molecule has 0 atom stereocenters. The number of hydrogen-bond donors (Lipinski definition) is 1. The molecule has 1 aliphatic heterocycles. The summed E-state index contributed by atoms with van der Waals surface area (Å²) in [4.78, 5) is 15.9. The Bertz CT molecular complexity index is 1350. The van der Waals surface area contributed by atoms with Gasteiger partial charge in [-0.25, -0.2) is 4.39 Å². The van der Waals surface area contributed by atoms with Crippen molar-refractivity contribution >= 4 is 33.7 Å². The maximum absolute atomic E-state index is 13.6. The lowest BCUT2D eigenvalue weighted by Crippen LogP contribution is -2.33. The Morgan fingerprint density at radius 3 is 2.53 bits per heavy atom. The van der Waals surface area contributed by atoms with Gasteiger partial charge in [0.15, 0.2) is 11.5 Å². The van der Waals surface area contributed by atoms with Crippen molar-refractivity contribution in [1.82, 2.24) is 5.16 Å². The minimum atomic E-state index is -0.304. The van der Waals surface area contributed by atoms with E-state index in [-0.39, 0.29) is 11.6 Å². The number of ketones is 1. The molecule has 3 aromatic carbocycles. The Morgan fingerprint density at radius 2 is 1.78 bits per heavy atom. The summed E-state index contributed by atoms with van der Waals surface area (Å²) in [6.45, 7) is 4.14. The van der Waals surface area contributed by atoms with E-state index in [1.54, 1.807) is 12.1 Å². The summed E-state index contributed by atoms with van der Waals surface area (Å²) < 4.78 is 19.3. The third-order valence-electron chi connectivity index (χ3n) is 6.63. The van der Waals surface area contributed by atoms with E-state index in [0.717, 1.165) is 48.1 Å². The van der Waals surface area contributed by atoms with Crippen molar-refractivity contribution in [1.29, 1.82) is 0 Å². The molecule has 5 nitrogen and oxygen atoms in total. The number of halogens is 1. The highest BCUT2D eigenvalue weighted by Crippen LogP contribution is 2.46. The Kier molecular flexibility index (Phi) is 4.28. The van der Waals surface area contributed by atoms with E-state index in [1.165, 1.54) is 12.1 Å². The van der Waals surface area contributed by atoms with Gasteiger partial charge in [0.2, 0.25) is 0 Å². The Balaban J connectivity index is 1.58. The number of benzene rings is 3. The molecule has 0 unspecified atom stereocenters. The average Bonchev–Trinajstić information content (AvgIpc) is 3.25. The van der Waals surface area contributed by atoms with Gasteiger partial charge in [0.1, 0.15) is 11.3 Å². The molecular formula is C26H22FN3O2. The smallest absolute Gasteiger partial charge is 0.196 e. The predicted molar refractivity (Wildman–Crippen MR) is 123 cm³/mol. The average molecular weight is 427 g/mol. The van der Waals surface area contributed by atoms with Crippen LogP contribution in [0.15, 0.2) is 59.1 Å². The second-order valence-electron chi connectivity index (χ2n) is 8.73. The van der Waals surface area contributed by atoms with Crippen LogP contribution in [-0.4, -0.2) is 24.0 Å². The van der Waals surface area contributed by atoms with Crippen molar-refractivity contribution in [3.8, 4) is 11.3 Å². The summed E-state index contributed by atoms with van der Waals surface area (Å²) >= 11 is 0. The van der Waals surface area contributed by atoms with Crippen LogP contribution in [0.2, 0.25) is 0 Å². The lowest BCUT2D eigenvalue weighted by atomic mass is 9.86. The summed E-state index contributed by atoms with van der Waals surface area (Å²) in [7, 11) is 0. The highest BCUT2D eigenvalue weighted by atomic mass is 19.1. The van der Waals surface area contributed by atoms with E-state index < -0.39 is 0 Å². The topological polar surface area (TPSA) is 58.4 Å². The van der Waals surface area contributed by atoms with E-state index in [9.17, 15) is 9.18 Å². The lowest BCUT2D eigenvalue weighted by Gasteiger charge is -2.33. The minimum Gasteiger partial charge on any atom is -0.370 e. The predicted octanol–water partition coefficient (Wildman–Crippen LogP) is 6.16. The third kappa shape index (κ3) is 2.90. The van der Waals surface area contributed by atoms with Gasteiger partial charge in [-0.15, -0.1) is 0 Å². The number of aromatic nitrogens is 1. The Morgan fingerprint density at radius 1 is 1.06 bits per heavy atom. The standard InChI is InChI=1S/C26H22FN3O2/c1-15-10-12-30(13-11-15)21-14-20(28-17-8-6-16(27)7-9-17)22-23-24(21)29-32-26(23)19-5-3-2-4-18(19)25(22)31/h2-9,14-15,28H,10-13H2,1H3. The first-order chi connectivity index (χ1) is 15.6. The number of nitrogens with one attached hydrogen (secondary N) is 1. The molecular weight excluding hydrogens is 405 g/mol. The van der Waals surface area contributed by atoms with Gasteiger partial charge in [-0.3, -0.25) is 4.79 Å². The first-order valence-electron chi connectivity index (χ1n) is 11.0. The Hall–Kier alpha value is -3.67. The van der Waals surface area contributed by atoms with Crippen LogP contribution in [0.3, 0.4) is 0 Å². The van der Waals surface area contributed by atoms with Crippen molar-refractivity contribution < 1.29 is 13.7 Å². The number of nitrogens with zero attached hydrogens (tertiary/aromatic N) is 2. The van der Waals surface area contributed by atoms with Gasteiger partial charge >= 0.3 is 0 Å². The van der Waals surface area contributed by atoms with Crippen LogP contribution >= 0.6 is 0 Å². The first-order valence-corrected chi connectivity index (χ1v) is 11.0. The van der Waals surface area contributed by atoms with Crippen LogP contribution in [0.1, 0.15) is 35.7 Å². The molecule has 2 heterocycles. The van der Waals surface area contributed by atoms with E-state index in [1.807, 2.05) is 30.3 Å². The zero-order chi connectivity index (χ0) is 21.8. The molecule has 0 amide bonds.